The minimum atomic E-state index is -0.147. The Morgan fingerprint density at radius 2 is 2.23 bits per heavy atom. The molecule has 0 bridgehead atoms. The van der Waals surface area contributed by atoms with Gasteiger partial charge in [0, 0.05) is 12.6 Å². The van der Waals surface area contributed by atoms with Gasteiger partial charge >= 0.3 is 0 Å². The van der Waals surface area contributed by atoms with Gasteiger partial charge in [-0.15, -0.1) is 0 Å². The Morgan fingerprint density at radius 1 is 1.46 bits per heavy atom. The first kappa shape index (κ1) is 8.47. The smallest absolute Gasteiger partial charge is 0.161 e. The molecule has 1 aromatic rings. The second-order valence-corrected chi connectivity index (χ2v) is 2.92. The van der Waals surface area contributed by atoms with Gasteiger partial charge in [0.15, 0.2) is 6.29 Å². The van der Waals surface area contributed by atoms with Crippen LogP contribution in [0.15, 0.2) is 18.3 Å². The van der Waals surface area contributed by atoms with Crippen molar-refractivity contribution in [2.75, 3.05) is 18.9 Å². The first-order chi connectivity index (χ1) is 6.36. The molecule has 1 saturated heterocycles. The Bertz CT molecular complexity index is 285. The van der Waals surface area contributed by atoms with Gasteiger partial charge in [0.1, 0.15) is 5.82 Å². The minimum absolute atomic E-state index is 0.147. The Hall–Kier alpha value is -1.13. The van der Waals surface area contributed by atoms with Crippen LogP contribution in [-0.2, 0) is 15.9 Å². The topological polar surface area (TPSA) is 57.4 Å². The van der Waals surface area contributed by atoms with E-state index in [1.165, 1.54) is 0 Å². The lowest BCUT2D eigenvalue weighted by atomic mass is 10.2. The van der Waals surface area contributed by atoms with Crippen LogP contribution in [0.2, 0.25) is 0 Å². The van der Waals surface area contributed by atoms with Crippen LogP contribution in [0.5, 0.6) is 0 Å². The van der Waals surface area contributed by atoms with Crippen LogP contribution >= 0.6 is 0 Å². The van der Waals surface area contributed by atoms with Crippen LogP contribution in [-0.4, -0.2) is 24.5 Å². The molecule has 0 saturated carbocycles. The standard InChI is InChI=1S/C9H12N2O2/c10-9-7(2-1-3-11-9)6-8-12-4-5-13-8/h1-3,8H,4-6H2,(H2,10,11). The van der Waals surface area contributed by atoms with Crippen molar-refractivity contribution in [1.82, 2.24) is 4.98 Å². The van der Waals surface area contributed by atoms with Crippen LogP contribution in [0.4, 0.5) is 5.82 Å². The second-order valence-electron chi connectivity index (χ2n) is 2.92. The lowest BCUT2D eigenvalue weighted by Gasteiger charge is -2.09. The van der Waals surface area contributed by atoms with E-state index in [0.717, 1.165) is 5.56 Å². The molecular formula is C9H12N2O2. The third-order valence-electron chi connectivity index (χ3n) is 2.00. The fourth-order valence-corrected chi connectivity index (χ4v) is 1.33. The molecule has 0 atom stereocenters. The molecule has 0 aromatic carbocycles. The molecule has 2 heterocycles. The van der Waals surface area contributed by atoms with E-state index in [1.807, 2.05) is 12.1 Å². The van der Waals surface area contributed by atoms with Gasteiger partial charge in [-0.2, -0.15) is 0 Å². The highest BCUT2D eigenvalue weighted by Gasteiger charge is 2.17. The maximum atomic E-state index is 5.68. The fraction of sp³-hybridized carbons (Fsp3) is 0.444. The number of hydrogen-bond donors (Lipinski definition) is 1. The molecule has 0 amide bonds. The highest BCUT2D eigenvalue weighted by molar-refractivity contribution is 5.38. The molecule has 1 fully saturated rings. The van der Waals surface area contributed by atoms with Crippen molar-refractivity contribution < 1.29 is 9.47 Å². The molecule has 1 aromatic heterocycles. The van der Waals surface area contributed by atoms with Gasteiger partial charge in [0.2, 0.25) is 0 Å². The number of ether oxygens (including phenoxy) is 2. The molecule has 0 aliphatic carbocycles. The molecule has 13 heavy (non-hydrogen) atoms. The summed E-state index contributed by atoms with van der Waals surface area (Å²) < 4.78 is 10.6. The first-order valence-electron chi connectivity index (χ1n) is 4.29. The van der Waals surface area contributed by atoms with Gasteiger partial charge in [-0.05, 0) is 11.6 Å². The number of rotatable bonds is 2. The van der Waals surface area contributed by atoms with E-state index in [9.17, 15) is 0 Å². The molecule has 0 radical (unpaired) electrons. The van der Waals surface area contributed by atoms with Gasteiger partial charge in [0.05, 0.1) is 13.2 Å². The zero-order chi connectivity index (χ0) is 9.10. The summed E-state index contributed by atoms with van der Waals surface area (Å²) in [6.45, 7) is 1.34. The number of nitrogen functional groups attached to an aromatic ring is 1. The summed E-state index contributed by atoms with van der Waals surface area (Å²) in [5.74, 6) is 0.557. The molecule has 1 aliphatic rings. The average Bonchev–Trinajstić information content (AvgIpc) is 2.61. The Labute approximate surface area is 76.7 Å². The lowest BCUT2D eigenvalue weighted by Crippen LogP contribution is -2.12. The van der Waals surface area contributed by atoms with Gasteiger partial charge in [-0.3, -0.25) is 0 Å². The van der Waals surface area contributed by atoms with Crippen LogP contribution < -0.4 is 5.73 Å². The Morgan fingerprint density at radius 3 is 2.92 bits per heavy atom. The van der Waals surface area contributed by atoms with E-state index in [0.29, 0.717) is 25.5 Å². The summed E-state index contributed by atoms with van der Waals surface area (Å²) in [7, 11) is 0. The van der Waals surface area contributed by atoms with E-state index in [-0.39, 0.29) is 6.29 Å². The molecule has 4 heteroatoms. The van der Waals surface area contributed by atoms with Crippen LogP contribution in [0.25, 0.3) is 0 Å². The lowest BCUT2D eigenvalue weighted by molar-refractivity contribution is -0.0399. The summed E-state index contributed by atoms with van der Waals surface area (Å²) >= 11 is 0. The second kappa shape index (κ2) is 3.72. The summed E-state index contributed by atoms with van der Waals surface area (Å²) in [5, 5.41) is 0. The quantitative estimate of drug-likeness (QED) is 0.723. The monoisotopic (exact) mass is 180 g/mol. The van der Waals surface area contributed by atoms with Gasteiger partial charge in [-0.1, -0.05) is 6.07 Å². The average molecular weight is 180 g/mol. The van der Waals surface area contributed by atoms with Crippen molar-refractivity contribution in [2.45, 2.75) is 12.7 Å². The maximum absolute atomic E-state index is 5.68. The molecule has 0 unspecified atom stereocenters. The molecule has 2 N–H and O–H groups in total. The first-order valence-corrected chi connectivity index (χ1v) is 4.29. The Kier molecular flexibility index (Phi) is 2.42. The zero-order valence-corrected chi connectivity index (χ0v) is 7.27. The number of aromatic nitrogens is 1. The highest BCUT2D eigenvalue weighted by Crippen LogP contribution is 2.14. The summed E-state index contributed by atoms with van der Waals surface area (Å²) in [5.41, 5.74) is 6.66. The van der Waals surface area contributed by atoms with Crippen molar-refractivity contribution in [3.05, 3.63) is 23.9 Å². The third kappa shape index (κ3) is 1.96. The van der Waals surface area contributed by atoms with Crippen LogP contribution in [0.1, 0.15) is 5.56 Å². The predicted molar refractivity (Wildman–Crippen MR) is 48.0 cm³/mol. The van der Waals surface area contributed by atoms with Crippen molar-refractivity contribution in [2.24, 2.45) is 0 Å². The van der Waals surface area contributed by atoms with E-state index in [4.69, 9.17) is 15.2 Å². The minimum Gasteiger partial charge on any atom is -0.383 e. The van der Waals surface area contributed by atoms with Crippen molar-refractivity contribution in [1.29, 1.82) is 0 Å². The predicted octanol–water partition coefficient (Wildman–Crippen LogP) is 0.579. The highest BCUT2D eigenvalue weighted by atomic mass is 16.7. The zero-order valence-electron chi connectivity index (χ0n) is 7.27. The molecule has 1 aliphatic heterocycles. The third-order valence-corrected chi connectivity index (χ3v) is 2.00. The molecule has 4 nitrogen and oxygen atoms in total. The van der Waals surface area contributed by atoms with Crippen molar-refractivity contribution in [3.63, 3.8) is 0 Å². The van der Waals surface area contributed by atoms with Gasteiger partial charge in [0.25, 0.3) is 0 Å². The fourth-order valence-electron chi connectivity index (χ4n) is 1.33. The maximum Gasteiger partial charge on any atom is 0.161 e. The normalized spacial score (nSPS) is 17.8. The molecule has 2 rings (SSSR count). The summed E-state index contributed by atoms with van der Waals surface area (Å²) in [6.07, 6.45) is 2.21. The number of hydrogen-bond acceptors (Lipinski definition) is 4. The Balaban J connectivity index is 2.04. The number of pyridine rings is 1. The van der Waals surface area contributed by atoms with E-state index >= 15 is 0 Å². The largest absolute Gasteiger partial charge is 0.383 e. The summed E-state index contributed by atoms with van der Waals surface area (Å²) in [6, 6.07) is 3.80. The molecule has 0 spiro atoms. The number of nitrogens with zero attached hydrogens (tertiary/aromatic N) is 1. The number of nitrogens with two attached hydrogens (primary N) is 1. The summed E-state index contributed by atoms with van der Waals surface area (Å²) in [4.78, 5) is 3.99. The van der Waals surface area contributed by atoms with E-state index in [1.54, 1.807) is 6.20 Å². The van der Waals surface area contributed by atoms with Gasteiger partial charge < -0.3 is 15.2 Å². The SMILES string of the molecule is Nc1ncccc1CC1OCCO1. The van der Waals surface area contributed by atoms with E-state index in [2.05, 4.69) is 4.98 Å². The van der Waals surface area contributed by atoms with Crippen LogP contribution in [0, 0.1) is 0 Å². The number of anilines is 1. The molecule has 70 valence electrons. The van der Waals surface area contributed by atoms with Crippen molar-refractivity contribution in [3.8, 4) is 0 Å². The van der Waals surface area contributed by atoms with Crippen LogP contribution in [0.3, 0.4) is 0 Å². The van der Waals surface area contributed by atoms with E-state index < -0.39 is 0 Å². The van der Waals surface area contributed by atoms with Crippen molar-refractivity contribution >= 4 is 5.82 Å². The van der Waals surface area contributed by atoms with Gasteiger partial charge in [-0.25, -0.2) is 4.98 Å². The molecular weight excluding hydrogens is 168 g/mol.